The molecule has 38 heavy (non-hydrogen) atoms. The number of aliphatic hydroxyl groups excluding tert-OH is 1. The van der Waals surface area contributed by atoms with Crippen molar-refractivity contribution in [2.45, 2.75) is 51.7 Å². The summed E-state index contributed by atoms with van der Waals surface area (Å²) in [5.41, 5.74) is 0.559. The average Bonchev–Trinajstić information content (AvgIpc) is 2.87. The van der Waals surface area contributed by atoms with Gasteiger partial charge in [-0.1, -0.05) is 13.0 Å². The van der Waals surface area contributed by atoms with E-state index in [0.717, 1.165) is 0 Å². The van der Waals surface area contributed by atoms with Crippen LogP contribution in [0.1, 0.15) is 64.0 Å². The highest BCUT2D eigenvalue weighted by atomic mass is 16.5. The summed E-state index contributed by atoms with van der Waals surface area (Å²) in [6, 6.07) is 5.22. The normalized spacial score (nSPS) is 16.5. The van der Waals surface area contributed by atoms with Crippen LogP contribution in [0, 0.1) is 6.92 Å². The fourth-order valence-electron chi connectivity index (χ4n) is 4.84. The zero-order valence-corrected chi connectivity index (χ0v) is 21.1. The third kappa shape index (κ3) is 4.47. The first-order chi connectivity index (χ1) is 18.0. The van der Waals surface area contributed by atoms with Crippen molar-refractivity contribution in [3.8, 4) is 46.0 Å². The minimum atomic E-state index is -1.15. The molecule has 0 radical (unpaired) electrons. The van der Waals surface area contributed by atoms with Crippen LogP contribution in [0.25, 0.3) is 0 Å². The monoisotopic (exact) mass is 526 g/mol. The van der Waals surface area contributed by atoms with Crippen LogP contribution >= 0.6 is 0 Å². The van der Waals surface area contributed by atoms with Gasteiger partial charge in [0, 0.05) is 47.6 Å². The molecule has 3 aromatic rings. The summed E-state index contributed by atoms with van der Waals surface area (Å²) in [6.07, 6.45) is -1.87. The van der Waals surface area contributed by atoms with Crippen molar-refractivity contribution in [2.75, 3.05) is 7.11 Å². The molecule has 0 saturated heterocycles. The Bertz CT molecular complexity index is 1410. The van der Waals surface area contributed by atoms with Crippen molar-refractivity contribution in [1.29, 1.82) is 0 Å². The lowest BCUT2D eigenvalue weighted by Gasteiger charge is -2.32. The number of ether oxygens (including phenoxy) is 2. The Balaban J connectivity index is 1.76. The van der Waals surface area contributed by atoms with Crippen molar-refractivity contribution in [3.63, 3.8) is 0 Å². The molecule has 10 nitrogen and oxygen atoms in total. The number of hydrogen-bond donors (Lipinski definition) is 7. The van der Waals surface area contributed by atoms with E-state index < -0.39 is 35.2 Å². The number of phenolic OH excluding ortho intramolecular Hbond substituents is 6. The zero-order chi connectivity index (χ0) is 27.9. The van der Waals surface area contributed by atoms with Crippen LogP contribution < -0.4 is 9.47 Å². The Morgan fingerprint density at radius 2 is 1.68 bits per heavy atom. The van der Waals surface area contributed by atoms with E-state index in [-0.39, 0.29) is 75.9 Å². The lowest BCUT2D eigenvalue weighted by atomic mass is 9.89. The number of benzene rings is 3. The molecule has 0 amide bonds. The molecular formula is C28H30O10. The quantitative estimate of drug-likeness (QED) is 0.177. The largest absolute Gasteiger partial charge is 0.507 e. The summed E-state index contributed by atoms with van der Waals surface area (Å²) in [7, 11) is 1.32. The molecule has 1 aliphatic rings. The van der Waals surface area contributed by atoms with Gasteiger partial charge in [0.1, 0.15) is 46.2 Å². The molecule has 2 atom stereocenters. The summed E-state index contributed by atoms with van der Waals surface area (Å²) in [4.78, 5) is 12.8. The molecule has 0 bridgehead atoms. The number of rotatable bonds is 7. The van der Waals surface area contributed by atoms with E-state index in [9.17, 15) is 40.5 Å². The molecule has 7 N–H and O–H groups in total. The van der Waals surface area contributed by atoms with Crippen molar-refractivity contribution in [1.82, 2.24) is 0 Å². The Morgan fingerprint density at radius 1 is 0.974 bits per heavy atom. The van der Waals surface area contributed by atoms with Crippen molar-refractivity contribution >= 4 is 5.78 Å². The smallest absolute Gasteiger partial charge is 0.170 e. The fraction of sp³-hybridized carbons (Fsp3) is 0.321. The van der Waals surface area contributed by atoms with Crippen LogP contribution in [0.3, 0.4) is 0 Å². The van der Waals surface area contributed by atoms with Gasteiger partial charge in [0.15, 0.2) is 17.3 Å². The van der Waals surface area contributed by atoms with Gasteiger partial charge in [0.05, 0.1) is 13.2 Å². The standard InChI is InChI=1S/C28H30O10/c1-4-5-18(30)23-26(36)16(24(34)12(2)27(23)37-3)9-14-19(31)11-22-15(25(14)35)10-21(33)28(38-22)13-6-7-17(29)20(32)8-13/h6-8,11,21,28-29,31-36H,4-5,9-10H2,1-3H3/t21-,28+/m0/s1. The molecule has 0 unspecified atom stereocenters. The predicted octanol–water partition coefficient (Wildman–Crippen LogP) is 3.85. The van der Waals surface area contributed by atoms with Gasteiger partial charge in [-0.15, -0.1) is 0 Å². The first-order valence-corrected chi connectivity index (χ1v) is 12.1. The summed E-state index contributed by atoms with van der Waals surface area (Å²) in [5.74, 6) is -2.65. The molecule has 3 aromatic carbocycles. The number of carbonyl (C=O) groups is 1. The maximum absolute atomic E-state index is 12.8. The van der Waals surface area contributed by atoms with E-state index in [4.69, 9.17) is 9.47 Å². The van der Waals surface area contributed by atoms with Crippen molar-refractivity contribution in [2.24, 2.45) is 0 Å². The highest BCUT2D eigenvalue weighted by molar-refractivity contribution is 6.02. The predicted molar refractivity (Wildman–Crippen MR) is 136 cm³/mol. The Kier molecular flexibility index (Phi) is 7.19. The summed E-state index contributed by atoms with van der Waals surface area (Å²) in [6.45, 7) is 3.34. The van der Waals surface area contributed by atoms with Gasteiger partial charge < -0.3 is 45.2 Å². The number of carbonyl (C=O) groups excluding carboxylic acids is 1. The van der Waals surface area contributed by atoms with E-state index in [1.54, 1.807) is 0 Å². The number of phenols is 6. The zero-order valence-electron chi connectivity index (χ0n) is 21.1. The number of ketones is 1. The summed E-state index contributed by atoms with van der Waals surface area (Å²) < 4.78 is 11.1. The van der Waals surface area contributed by atoms with Gasteiger partial charge in [-0.25, -0.2) is 0 Å². The summed E-state index contributed by atoms with van der Waals surface area (Å²) >= 11 is 0. The van der Waals surface area contributed by atoms with Gasteiger partial charge in [0.2, 0.25) is 0 Å². The lowest BCUT2D eigenvalue weighted by Crippen LogP contribution is -2.30. The molecule has 0 saturated carbocycles. The van der Waals surface area contributed by atoms with Crippen LogP contribution in [0.2, 0.25) is 0 Å². The van der Waals surface area contributed by atoms with Gasteiger partial charge in [-0.2, -0.15) is 0 Å². The molecule has 1 heterocycles. The second-order valence-corrected chi connectivity index (χ2v) is 9.32. The SMILES string of the molecule is CCCC(=O)c1c(O)c(Cc2c(O)cc3c(c2O)C[C@H](O)[C@@H](c2ccc(O)c(O)c2)O3)c(O)c(C)c1OC. The first kappa shape index (κ1) is 26.7. The molecule has 4 rings (SSSR count). The van der Waals surface area contributed by atoms with Crippen LogP contribution in [-0.4, -0.2) is 54.7 Å². The van der Waals surface area contributed by atoms with Crippen LogP contribution in [0.4, 0.5) is 0 Å². The maximum atomic E-state index is 12.8. The number of hydrogen-bond acceptors (Lipinski definition) is 10. The van der Waals surface area contributed by atoms with Gasteiger partial charge in [0.25, 0.3) is 0 Å². The van der Waals surface area contributed by atoms with Gasteiger partial charge in [-0.05, 0) is 31.0 Å². The fourth-order valence-corrected chi connectivity index (χ4v) is 4.84. The number of aromatic hydroxyl groups is 6. The number of Topliss-reactive ketones (excluding diaryl/α,β-unsaturated/α-hetero) is 1. The Morgan fingerprint density at radius 3 is 2.32 bits per heavy atom. The highest BCUT2D eigenvalue weighted by Gasteiger charge is 2.35. The molecule has 0 fully saturated rings. The number of methoxy groups -OCH3 is 1. The molecular weight excluding hydrogens is 496 g/mol. The lowest BCUT2D eigenvalue weighted by molar-refractivity contribution is 0.0196. The topological polar surface area (TPSA) is 177 Å². The minimum absolute atomic E-state index is 0.0453. The van der Waals surface area contributed by atoms with E-state index in [1.165, 1.54) is 38.3 Å². The molecule has 10 heteroatoms. The van der Waals surface area contributed by atoms with Crippen LogP contribution in [0.15, 0.2) is 24.3 Å². The highest BCUT2D eigenvalue weighted by Crippen LogP contribution is 2.49. The first-order valence-electron chi connectivity index (χ1n) is 12.1. The van der Waals surface area contributed by atoms with Crippen molar-refractivity contribution < 1.29 is 50.0 Å². The molecule has 0 aromatic heterocycles. The second kappa shape index (κ2) is 10.2. The summed E-state index contributed by atoms with van der Waals surface area (Å²) in [5, 5.41) is 73.9. The molecule has 0 spiro atoms. The third-order valence-electron chi connectivity index (χ3n) is 6.84. The van der Waals surface area contributed by atoms with Crippen molar-refractivity contribution in [3.05, 3.63) is 57.6 Å². The Hall–Kier alpha value is -4.31. The molecule has 1 aliphatic heterocycles. The van der Waals surface area contributed by atoms with E-state index in [0.29, 0.717) is 12.0 Å². The van der Waals surface area contributed by atoms with Crippen LogP contribution in [0.5, 0.6) is 46.0 Å². The van der Waals surface area contributed by atoms with Crippen LogP contribution in [-0.2, 0) is 12.8 Å². The number of aliphatic hydroxyl groups is 1. The average molecular weight is 527 g/mol. The Labute approximate surface area is 218 Å². The number of fused-ring (bicyclic) bond motifs is 1. The van der Waals surface area contributed by atoms with E-state index in [2.05, 4.69) is 0 Å². The van der Waals surface area contributed by atoms with E-state index >= 15 is 0 Å². The minimum Gasteiger partial charge on any atom is -0.507 e. The third-order valence-corrected chi connectivity index (χ3v) is 6.84. The second-order valence-electron chi connectivity index (χ2n) is 9.32. The molecule has 202 valence electrons. The van der Waals surface area contributed by atoms with E-state index in [1.807, 2.05) is 6.92 Å². The van der Waals surface area contributed by atoms with Gasteiger partial charge in [-0.3, -0.25) is 4.79 Å². The maximum Gasteiger partial charge on any atom is 0.170 e. The molecule has 0 aliphatic carbocycles. The van der Waals surface area contributed by atoms with Gasteiger partial charge >= 0.3 is 0 Å².